The highest BCUT2D eigenvalue weighted by Gasteiger charge is 2.22. The molecule has 1 aliphatic rings. The second kappa shape index (κ2) is 5.27. The molecule has 1 aromatic carbocycles. The highest BCUT2D eigenvalue weighted by molar-refractivity contribution is 5.81. The van der Waals surface area contributed by atoms with Crippen LogP contribution in [0.1, 0.15) is 25.6 Å². The predicted octanol–water partition coefficient (Wildman–Crippen LogP) is 2.60. The molecule has 1 saturated heterocycles. The monoisotopic (exact) mass is 271 g/mol. The summed E-state index contributed by atoms with van der Waals surface area (Å²) in [6.45, 7) is 6.38. The number of carbonyl (C=O) groups excluding carboxylic acids is 1. The maximum absolute atomic E-state index is 12.5. The molecule has 0 spiro atoms. The van der Waals surface area contributed by atoms with Gasteiger partial charge in [-0.15, -0.1) is 0 Å². The zero-order valence-corrected chi connectivity index (χ0v) is 12.2. The number of aryl methyl sites for hydroxylation is 1. The Labute approximate surface area is 119 Å². The molecule has 2 aromatic rings. The molecule has 1 aromatic heterocycles. The van der Waals surface area contributed by atoms with Crippen molar-refractivity contribution in [3.8, 4) is 0 Å². The molecule has 2 heterocycles. The third kappa shape index (κ3) is 2.42. The fourth-order valence-electron chi connectivity index (χ4n) is 3.05. The molecular weight excluding hydrogens is 250 g/mol. The first-order valence-electron chi connectivity index (χ1n) is 7.35. The van der Waals surface area contributed by atoms with Crippen molar-refractivity contribution >= 4 is 16.9 Å². The van der Waals surface area contributed by atoms with E-state index in [1.807, 2.05) is 40.7 Å². The van der Waals surface area contributed by atoms with Gasteiger partial charge < -0.3 is 9.47 Å². The normalized spacial score (nSPS) is 19.5. The molecule has 1 unspecified atom stereocenters. The SMILES string of the molecule is Cc1nc2ccccc2n1CC(=O)N1CCCC(C)C1. The summed E-state index contributed by atoms with van der Waals surface area (Å²) in [6, 6.07) is 7.99. The van der Waals surface area contributed by atoms with Crippen LogP contribution in [-0.4, -0.2) is 33.4 Å². The van der Waals surface area contributed by atoms with Gasteiger partial charge in [-0.3, -0.25) is 4.79 Å². The van der Waals surface area contributed by atoms with Crippen molar-refractivity contribution in [1.82, 2.24) is 14.5 Å². The molecule has 4 heteroatoms. The first-order valence-corrected chi connectivity index (χ1v) is 7.35. The number of carbonyl (C=O) groups is 1. The summed E-state index contributed by atoms with van der Waals surface area (Å²) < 4.78 is 2.02. The van der Waals surface area contributed by atoms with Crippen molar-refractivity contribution in [2.45, 2.75) is 33.2 Å². The van der Waals surface area contributed by atoms with Crippen LogP contribution in [0.2, 0.25) is 0 Å². The van der Waals surface area contributed by atoms with Crippen molar-refractivity contribution in [1.29, 1.82) is 0 Å². The number of hydrogen-bond donors (Lipinski definition) is 0. The van der Waals surface area contributed by atoms with Gasteiger partial charge >= 0.3 is 0 Å². The molecule has 0 radical (unpaired) electrons. The number of aromatic nitrogens is 2. The quantitative estimate of drug-likeness (QED) is 0.842. The number of likely N-dealkylation sites (tertiary alicyclic amines) is 1. The Balaban J connectivity index is 1.82. The summed E-state index contributed by atoms with van der Waals surface area (Å²) in [5.41, 5.74) is 2.01. The fraction of sp³-hybridized carbons (Fsp3) is 0.500. The van der Waals surface area contributed by atoms with E-state index in [-0.39, 0.29) is 5.91 Å². The van der Waals surface area contributed by atoms with Gasteiger partial charge in [0.1, 0.15) is 12.4 Å². The Bertz CT molecular complexity index is 632. The molecule has 1 aliphatic heterocycles. The zero-order valence-electron chi connectivity index (χ0n) is 12.2. The lowest BCUT2D eigenvalue weighted by Crippen LogP contribution is -2.40. The van der Waals surface area contributed by atoms with Crippen LogP contribution in [0.25, 0.3) is 11.0 Å². The van der Waals surface area contributed by atoms with Crippen LogP contribution >= 0.6 is 0 Å². The molecular formula is C16H21N3O. The van der Waals surface area contributed by atoms with Crippen molar-refractivity contribution < 1.29 is 4.79 Å². The van der Waals surface area contributed by atoms with Crippen molar-refractivity contribution in [2.75, 3.05) is 13.1 Å². The minimum absolute atomic E-state index is 0.211. The van der Waals surface area contributed by atoms with Gasteiger partial charge in [0, 0.05) is 13.1 Å². The van der Waals surface area contributed by atoms with Crippen LogP contribution in [0.4, 0.5) is 0 Å². The van der Waals surface area contributed by atoms with Gasteiger partial charge in [0.2, 0.25) is 5.91 Å². The van der Waals surface area contributed by atoms with E-state index in [0.29, 0.717) is 12.5 Å². The molecule has 1 atom stereocenters. The van der Waals surface area contributed by atoms with Crippen molar-refractivity contribution in [3.63, 3.8) is 0 Å². The van der Waals surface area contributed by atoms with E-state index in [9.17, 15) is 4.79 Å². The Kier molecular flexibility index (Phi) is 3.47. The number of rotatable bonds is 2. The minimum atomic E-state index is 0.211. The molecule has 0 saturated carbocycles. The van der Waals surface area contributed by atoms with Crippen LogP contribution in [0.15, 0.2) is 24.3 Å². The summed E-state index contributed by atoms with van der Waals surface area (Å²) >= 11 is 0. The van der Waals surface area contributed by atoms with Gasteiger partial charge in [-0.1, -0.05) is 19.1 Å². The predicted molar refractivity (Wildman–Crippen MR) is 79.4 cm³/mol. The van der Waals surface area contributed by atoms with Crippen LogP contribution in [0.3, 0.4) is 0 Å². The summed E-state index contributed by atoms with van der Waals surface area (Å²) in [6.07, 6.45) is 2.35. The van der Waals surface area contributed by atoms with Gasteiger partial charge in [0.15, 0.2) is 0 Å². The summed E-state index contributed by atoms with van der Waals surface area (Å²) in [5.74, 6) is 1.74. The standard InChI is InChI=1S/C16H21N3O/c1-12-6-5-9-18(10-12)16(20)11-19-13(2)17-14-7-3-4-8-15(14)19/h3-4,7-8,12H,5-6,9-11H2,1-2H3. The number of hydrogen-bond acceptors (Lipinski definition) is 2. The second-order valence-electron chi connectivity index (χ2n) is 5.82. The Hall–Kier alpha value is -1.84. The molecule has 4 nitrogen and oxygen atoms in total. The highest BCUT2D eigenvalue weighted by Crippen LogP contribution is 2.18. The van der Waals surface area contributed by atoms with E-state index in [2.05, 4.69) is 11.9 Å². The summed E-state index contributed by atoms with van der Waals surface area (Å²) in [4.78, 5) is 19.0. The first kappa shape index (κ1) is 13.2. The highest BCUT2D eigenvalue weighted by atomic mass is 16.2. The number of piperidine rings is 1. The van der Waals surface area contributed by atoms with E-state index in [1.54, 1.807) is 0 Å². The third-order valence-corrected chi connectivity index (χ3v) is 4.15. The molecule has 0 aliphatic carbocycles. The van der Waals surface area contributed by atoms with Gasteiger partial charge in [0.25, 0.3) is 0 Å². The van der Waals surface area contributed by atoms with Crippen molar-refractivity contribution in [3.05, 3.63) is 30.1 Å². The molecule has 1 amide bonds. The second-order valence-corrected chi connectivity index (χ2v) is 5.82. The van der Waals surface area contributed by atoms with Crippen LogP contribution in [0.5, 0.6) is 0 Å². The maximum Gasteiger partial charge on any atom is 0.242 e. The lowest BCUT2D eigenvalue weighted by Gasteiger charge is -2.31. The average Bonchev–Trinajstić information content (AvgIpc) is 2.75. The van der Waals surface area contributed by atoms with Gasteiger partial charge in [-0.25, -0.2) is 4.98 Å². The molecule has 3 rings (SSSR count). The largest absolute Gasteiger partial charge is 0.341 e. The molecule has 0 bridgehead atoms. The minimum Gasteiger partial charge on any atom is -0.341 e. The summed E-state index contributed by atoms with van der Waals surface area (Å²) in [7, 11) is 0. The van der Waals surface area contributed by atoms with Gasteiger partial charge in [0.05, 0.1) is 11.0 Å². The Morgan fingerprint density at radius 1 is 1.40 bits per heavy atom. The number of fused-ring (bicyclic) bond motifs is 1. The van der Waals surface area contributed by atoms with E-state index < -0.39 is 0 Å². The zero-order chi connectivity index (χ0) is 14.1. The average molecular weight is 271 g/mol. The van der Waals surface area contributed by atoms with Gasteiger partial charge in [-0.2, -0.15) is 0 Å². The van der Waals surface area contributed by atoms with Crippen LogP contribution in [0, 0.1) is 12.8 Å². The number of benzene rings is 1. The molecule has 0 N–H and O–H groups in total. The molecule has 106 valence electrons. The smallest absolute Gasteiger partial charge is 0.242 e. The van der Waals surface area contributed by atoms with Crippen LogP contribution < -0.4 is 0 Å². The number of para-hydroxylation sites is 2. The third-order valence-electron chi connectivity index (χ3n) is 4.15. The van der Waals surface area contributed by atoms with Crippen molar-refractivity contribution in [2.24, 2.45) is 5.92 Å². The Morgan fingerprint density at radius 3 is 3.00 bits per heavy atom. The number of amides is 1. The van der Waals surface area contributed by atoms with Gasteiger partial charge in [-0.05, 0) is 37.8 Å². The van der Waals surface area contributed by atoms with E-state index in [0.717, 1.165) is 36.4 Å². The molecule has 1 fully saturated rings. The molecule has 20 heavy (non-hydrogen) atoms. The number of nitrogens with zero attached hydrogens (tertiary/aromatic N) is 3. The fourth-order valence-corrected chi connectivity index (χ4v) is 3.05. The first-order chi connectivity index (χ1) is 9.65. The lowest BCUT2D eigenvalue weighted by atomic mass is 10.0. The maximum atomic E-state index is 12.5. The Morgan fingerprint density at radius 2 is 2.20 bits per heavy atom. The van der Waals surface area contributed by atoms with E-state index in [1.165, 1.54) is 6.42 Å². The van der Waals surface area contributed by atoms with Crippen LogP contribution in [-0.2, 0) is 11.3 Å². The lowest BCUT2D eigenvalue weighted by molar-refractivity contribution is -0.133. The van der Waals surface area contributed by atoms with E-state index >= 15 is 0 Å². The number of imidazole rings is 1. The van der Waals surface area contributed by atoms with E-state index in [4.69, 9.17) is 0 Å². The topological polar surface area (TPSA) is 38.1 Å². The summed E-state index contributed by atoms with van der Waals surface area (Å²) in [5, 5.41) is 0.